The van der Waals surface area contributed by atoms with Crippen molar-refractivity contribution < 1.29 is 4.79 Å². The number of halogens is 2. The van der Waals surface area contributed by atoms with E-state index in [9.17, 15) is 4.79 Å². The van der Waals surface area contributed by atoms with Crippen molar-refractivity contribution in [1.82, 2.24) is 10.2 Å². The molecule has 5 nitrogen and oxygen atoms in total. The molecule has 0 aliphatic rings. The maximum absolute atomic E-state index is 12.4. The Bertz CT molecular complexity index is 947. The van der Waals surface area contributed by atoms with Gasteiger partial charge in [-0.3, -0.25) is 4.79 Å². The van der Waals surface area contributed by atoms with Crippen LogP contribution in [0.5, 0.6) is 0 Å². The van der Waals surface area contributed by atoms with Crippen LogP contribution in [0.1, 0.15) is 12.5 Å². The second kappa shape index (κ2) is 8.93. The maximum atomic E-state index is 12.4. The zero-order chi connectivity index (χ0) is 19.4. The first-order valence-corrected chi connectivity index (χ1v) is 10.5. The van der Waals surface area contributed by atoms with Gasteiger partial charge in [0.05, 0.1) is 16.0 Å². The molecule has 1 amide bonds. The van der Waals surface area contributed by atoms with Crippen molar-refractivity contribution >= 4 is 68.7 Å². The molecule has 1 aromatic heterocycles. The average molecular weight is 439 g/mol. The Morgan fingerprint density at radius 2 is 1.89 bits per heavy atom. The molecule has 0 bridgehead atoms. The highest BCUT2D eigenvalue weighted by atomic mass is 35.5. The van der Waals surface area contributed by atoms with Crippen LogP contribution < -0.4 is 10.6 Å². The highest BCUT2D eigenvalue weighted by molar-refractivity contribution is 8.02. The third kappa shape index (κ3) is 5.59. The summed E-state index contributed by atoms with van der Waals surface area (Å²) < 4.78 is 0.703. The number of benzene rings is 2. The Hall–Kier alpha value is -1.80. The number of rotatable bonds is 6. The van der Waals surface area contributed by atoms with Crippen LogP contribution in [0, 0.1) is 6.92 Å². The number of aromatic nitrogens is 2. The fourth-order valence-corrected chi connectivity index (χ4v) is 4.47. The van der Waals surface area contributed by atoms with E-state index in [2.05, 4.69) is 20.8 Å². The molecule has 27 heavy (non-hydrogen) atoms. The van der Waals surface area contributed by atoms with E-state index in [0.29, 0.717) is 25.2 Å². The number of amides is 1. The summed E-state index contributed by atoms with van der Waals surface area (Å²) in [5.74, 6) is -0.174. The van der Waals surface area contributed by atoms with Crippen LogP contribution in [-0.4, -0.2) is 21.4 Å². The van der Waals surface area contributed by atoms with Gasteiger partial charge in [0.15, 0.2) is 4.34 Å². The van der Waals surface area contributed by atoms with E-state index < -0.39 is 0 Å². The summed E-state index contributed by atoms with van der Waals surface area (Å²) in [6.07, 6.45) is 0. The van der Waals surface area contributed by atoms with E-state index in [1.807, 2.05) is 31.2 Å². The number of nitrogens with one attached hydrogen (secondary N) is 2. The Balaban J connectivity index is 1.59. The molecule has 1 heterocycles. The third-order valence-electron chi connectivity index (χ3n) is 3.55. The van der Waals surface area contributed by atoms with Crippen molar-refractivity contribution in [3.63, 3.8) is 0 Å². The highest BCUT2D eigenvalue weighted by Crippen LogP contribution is 2.32. The lowest BCUT2D eigenvalue weighted by molar-refractivity contribution is -0.115. The van der Waals surface area contributed by atoms with E-state index in [0.717, 1.165) is 5.69 Å². The largest absolute Gasteiger partial charge is 0.330 e. The van der Waals surface area contributed by atoms with Crippen molar-refractivity contribution in [3.8, 4) is 0 Å². The Kier molecular flexibility index (Phi) is 6.59. The van der Waals surface area contributed by atoms with E-state index in [-0.39, 0.29) is 11.2 Å². The number of nitrogens with zero attached hydrogens (tertiary/aromatic N) is 2. The van der Waals surface area contributed by atoms with Crippen molar-refractivity contribution in [2.45, 2.75) is 23.4 Å². The molecule has 0 spiro atoms. The number of hydrogen-bond acceptors (Lipinski definition) is 6. The van der Waals surface area contributed by atoms with Gasteiger partial charge in [0.1, 0.15) is 0 Å². The molecule has 0 aliphatic heterocycles. The molecular formula is C18H16Cl2N4OS2. The van der Waals surface area contributed by atoms with Gasteiger partial charge >= 0.3 is 0 Å². The monoisotopic (exact) mass is 438 g/mol. The Morgan fingerprint density at radius 3 is 2.59 bits per heavy atom. The van der Waals surface area contributed by atoms with E-state index >= 15 is 0 Å². The summed E-state index contributed by atoms with van der Waals surface area (Å²) in [6.45, 7) is 3.84. The van der Waals surface area contributed by atoms with Gasteiger partial charge in [-0.1, -0.05) is 64.0 Å². The van der Waals surface area contributed by atoms with Crippen LogP contribution in [0.15, 0.2) is 46.8 Å². The fourth-order valence-electron chi connectivity index (χ4n) is 2.10. The lowest BCUT2D eigenvalue weighted by Crippen LogP contribution is -2.22. The number of hydrogen-bond donors (Lipinski definition) is 2. The standard InChI is InChI=1S/C18H16Cl2N4OS2/c1-10-3-6-13(7-4-10)21-17-23-24-18(27-17)26-11(2)16(25)22-15-8-5-12(19)9-14(15)20/h3-9,11H,1-2H3,(H,21,23)(H,22,25). The van der Waals surface area contributed by atoms with Gasteiger partial charge in [-0.2, -0.15) is 0 Å². The maximum Gasteiger partial charge on any atom is 0.237 e. The normalized spacial score (nSPS) is 11.9. The van der Waals surface area contributed by atoms with Crippen molar-refractivity contribution in [1.29, 1.82) is 0 Å². The van der Waals surface area contributed by atoms with E-state index in [1.165, 1.54) is 28.7 Å². The first-order chi connectivity index (χ1) is 12.9. The SMILES string of the molecule is Cc1ccc(Nc2nnc(SC(C)C(=O)Nc3ccc(Cl)cc3Cl)s2)cc1. The van der Waals surface area contributed by atoms with Crippen LogP contribution in [0.4, 0.5) is 16.5 Å². The average Bonchev–Trinajstić information content (AvgIpc) is 3.06. The van der Waals surface area contributed by atoms with Gasteiger partial charge in [0, 0.05) is 10.7 Å². The number of carbonyl (C=O) groups excluding carboxylic acids is 1. The fraction of sp³-hybridized carbons (Fsp3) is 0.167. The molecule has 2 N–H and O–H groups in total. The molecule has 2 aromatic carbocycles. The van der Waals surface area contributed by atoms with Crippen molar-refractivity contribution in [3.05, 3.63) is 58.1 Å². The second-order valence-electron chi connectivity index (χ2n) is 5.74. The summed E-state index contributed by atoms with van der Waals surface area (Å²) in [5, 5.41) is 15.5. The lowest BCUT2D eigenvalue weighted by Gasteiger charge is -2.11. The molecule has 140 valence electrons. The Morgan fingerprint density at radius 1 is 1.15 bits per heavy atom. The Labute approximate surface area is 175 Å². The minimum atomic E-state index is -0.364. The second-order valence-corrected chi connectivity index (χ2v) is 9.15. The molecule has 1 unspecified atom stereocenters. The van der Waals surface area contributed by atoms with Crippen LogP contribution in [0.3, 0.4) is 0 Å². The molecular weight excluding hydrogens is 423 g/mol. The summed E-state index contributed by atoms with van der Waals surface area (Å²) >= 11 is 14.7. The zero-order valence-electron chi connectivity index (χ0n) is 14.5. The first-order valence-electron chi connectivity index (χ1n) is 8.00. The van der Waals surface area contributed by atoms with Gasteiger partial charge in [-0.25, -0.2) is 0 Å². The van der Waals surface area contributed by atoms with Crippen LogP contribution in [0.25, 0.3) is 0 Å². The minimum Gasteiger partial charge on any atom is -0.330 e. The molecule has 0 aliphatic carbocycles. The van der Waals surface area contributed by atoms with Gasteiger partial charge in [-0.05, 0) is 44.2 Å². The number of aryl methyl sites for hydroxylation is 1. The number of thioether (sulfide) groups is 1. The minimum absolute atomic E-state index is 0.174. The summed E-state index contributed by atoms with van der Waals surface area (Å²) in [7, 11) is 0. The third-order valence-corrected chi connectivity index (χ3v) is 6.12. The van der Waals surface area contributed by atoms with Crippen LogP contribution in [-0.2, 0) is 4.79 Å². The summed E-state index contributed by atoms with van der Waals surface area (Å²) in [6, 6.07) is 12.9. The van der Waals surface area contributed by atoms with Crippen molar-refractivity contribution in [2.24, 2.45) is 0 Å². The van der Waals surface area contributed by atoms with Crippen LogP contribution >= 0.6 is 46.3 Å². The molecule has 0 fully saturated rings. The predicted octanol–water partition coefficient (Wildman–Crippen LogP) is 6.02. The molecule has 0 saturated heterocycles. The van der Waals surface area contributed by atoms with Crippen molar-refractivity contribution in [2.75, 3.05) is 10.6 Å². The van der Waals surface area contributed by atoms with E-state index in [4.69, 9.17) is 23.2 Å². The van der Waals surface area contributed by atoms with Gasteiger partial charge in [0.2, 0.25) is 11.0 Å². The highest BCUT2D eigenvalue weighted by Gasteiger charge is 2.18. The molecule has 0 saturated carbocycles. The summed E-state index contributed by atoms with van der Waals surface area (Å²) in [4.78, 5) is 12.4. The van der Waals surface area contributed by atoms with Gasteiger partial charge in [-0.15, -0.1) is 10.2 Å². The van der Waals surface area contributed by atoms with Gasteiger partial charge in [0.25, 0.3) is 0 Å². The van der Waals surface area contributed by atoms with Crippen LogP contribution in [0.2, 0.25) is 10.0 Å². The molecule has 3 aromatic rings. The number of anilines is 3. The number of carbonyl (C=O) groups is 1. The molecule has 3 rings (SSSR count). The topological polar surface area (TPSA) is 66.9 Å². The predicted molar refractivity (Wildman–Crippen MR) is 115 cm³/mol. The van der Waals surface area contributed by atoms with Gasteiger partial charge < -0.3 is 10.6 Å². The lowest BCUT2D eigenvalue weighted by atomic mass is 10.2. The smallest absolute Gasteiger partial charge is 0.237 e. The molecule has 9 heteroatoms. The summed E-state index contributed by atoms with van der Waals surface area (Å²) in [5.41, 5.74) is 2.66. The molecule has 1 atom stereocenters. The molecule has 0 radical (unpaired) electrons. The quantitative estimate of drug-likeness (QED) is 0.460. The first kappa shape index (κ1) is 19.9. The zero-order valence-corrected chi connectivity index (χ0v) is 17.6. The van der Waals surface area contributed by atoms with E-state index in [1.54, 1.807) is 25.1 Å².